The minimum absolute atomic E-state index is 0.0403. The first kappa shape index (κ1) is 30.7. The lowest BCUT2D eigenvalue weighted by Gasteiger charge is -2.38. The van der Waals surface area contributed by atoms with Gasteiger partial charge in [0.25, 0.3) is 5.91 Å². The van der Waals surface area contributed by atoms with E-state index in [1.165, 1.54) is 18.5 Å². The molecule has 2 aromatic rings. The van der Waals surface area contributed by atoms with Crippen molar-refractivity contribution in [1.82, 2.24) is 20.2 Å². The van der Waals surface area contributed by atoms with Gasteiger partial charge < -0.3 is 29.7 Å². The third-order valence-corrected chi connectivity index (χ3v) is 8.56. The second kappa shape index (κ2) is 13.7. The van der Waals surface area contributed by atoms with Crippen LogP contribution in [-0.4, -0.2) is 85.0 Å². The molecule has 3 aliphatic heterocycles. The summed E-state index contributed by atoms with van der Waals surface area (Å²) in [4.78, 5) is 23.9. The molecule has 3 aliphatic rings. The lowest BCUT2D eigenvalue weighted by atomic mass is 9.97. The van der Waals surface area contributed by atoms with Crippen LogP contribution in [0.5, 0.6) is 0 Å². The molecule has 1 amide bonds. The van der Waals surface area contributed by atoms with Crippen molar-refractivity contribution in [3.63, 3.8) is 0 Å². The van der Waals surface area contributed by atoms with Gasteiger partial charge in [0.05, 0.1) is 30.5 Å². The molecule has 0 aliphatic carbocycles. The van der Waals surface area contributed by atoms with Crippen LogP contribution in [0.1, 0.15) is 71.8 Å². The maximum Gasteiger partial charge on any atom is 0.416 e. The molecular formula is C30H40F3N5O4. The monoisotopic (exact) mass is 591 g/mol. The minimum atomic E-state index is -4.39. The first-order valence-corrected chi connectivity index (χ1v) is 14.8. The number of hydrogen-bond acceptors (Lipinski definition) is 8. The van der Waals surface area contributed by atoms with Crippen LogP contribution in [0.4, 0.5) is 19.0 Å². The van der Waals surface area contributed by atoms with Gasteiger partial charge >= 0.3 is 6.18 Å². The molecule has 0 bridgehead atoms. The number of benzene rings is 1. The van der Waals surface area contributed by atoms with Gasteiger partial charge in [-0.1, -0.05) is 12.1 Å². The molecule has 9 nitrogen and oxygen atoms in total. The molecule has 4 heterocycles. The molecule has 1 unspecified atom stereocenters. The number of carbonyl (C=O) groups excluding carboxylic acids is 1. The Bertz CT molecular complexity index is 1210. The number of hydrogen-bond donors (Lipinski definition) is 2. The SMILES string of the molecule is CO[C@H]1COCC[C@H]1NC1CCN(C(=O)c2ncnc(NC[C@@H]3CCCC(c4cccc(C(F)(F)F)c4)O3)c2C)CC1. The van der Waals surface area contributed by atoms with E-state index in [2.05, 4.69) is 20.6 Å². The Morgan fingerprint density at radius 2 is 1.95 bits per heavy atom. The number of nitrogens with zero attached hydrogens (tertiary/aromatic N) is 3. The lowest BCUT2D eigenvalue weighted by molar-refractivity contribution is -0.137. The van der Waals surface area contributed by atoms with Crippen LogP contribution in [0.25, 0.3) is 0 Å². The van der Waals surface area contributed by atoms with E-state index in [0.717, 1.165) is 44.8 Å². The number of likely N-dealkylation sites (tertiary alicyclic amines) is 1. The van der Waals surface area contributed by atoms with Crippen LogP contribution < -0.4 is 10.6 Å². The summed E-state index contributed by atoms with van der Waals surface area (Å²) in [7, 11) is 1.71. The first-order chi connectivity index (χ1) is 20.2. The molecule has 0 saturated carbocycles. The summed E-state index contributed by atoms with van der Waals surface area (Å²) < 4.78 is 56.9. The van der Waals surface area contributed by atoms with Gasteiger partial charge in [0, 0.05) is 51.0 Å². The third-order valence-electron chi connectivity index (χ3n) is 8.56. The fourth-order valence-corrected chi connectivity index (χ4v) is 6.10. The third kappa shape index (κ3) is 7.39. The molecule has 4 atom stereocenters. The highest BCUT2D eigenvalue weighted by Crippen LogP contribution is 2.35. The molecule has 1 aromatic carbocycles. The van der Waals surface area contributed by atoms with Crippen LogP contribution in [0.15, 0.2) is 30.6 Å². The molecule has 2 N–H and O–H groups in total. The molecule has 12 heteroatoms. The molecule has 0 radical (unpaired) electrons. The number of anilines is 1. The number of aromatic nitrogens is 2. The second-order valence-electron chi connectivity index (χ2n) is 11.4. The Morgan fingerprint density at radius 1 is 1.14 bits per heavy atom. The number of methoxy groups -OCH3 is 1. The number of nitrogens with one attached hydrogen (secondary N) is 2. The Kier molecular flexibility index (Phi) is 9.97. The standard InChI is InChI=1S/C30H40F3N5O4/c1-19-27(29(39)38-12-9-22(10-13-38)37-24-11-14-41-17-26(24)40-2)35-18-36-28(19)34-16-23-7-4-8-25(42-23)20-5-3-6-21(15-20)30(31,32)33/h3,5-6,15,18,22-26,37H,4,7-14,16-17H2,1-2H3,(H,34,35,36)/t23-,24+,25?,26-/m0/s1. The second-order valence-corrected chi connectivity index (χ2v) is 11.4. The molecule has 1 aromatic heterocycles. The summed E-state index contributed by atoms with van der Waals surface area (Å²) in [6.45, 7) is 4.84. The summed E-state index contributed by atoms with van der Waals surface area (Å²) in [5.74, 6) is 0.440. The maximum absolute atomic E-state index is 13.4. The smallest absolute Gasteiger partial charge is 0.379 e. The predicted molar refractivity (Wildman–Crippen MR) is 150 cm³/mol. The average Bonchev–Trinajstić information content (AvgIpc) is 3.01. The predicted octanol–water partition coefficient (Wildman–Crippen LogP) is 4.52. The van der Waals surface area contributed by atoms with Crippen LogP contribution in [0.3, 0.4) is 0 Å². The van der Waals surface area contributed by atoms with Gasteiger partial charge in [-0.15, -0.1) is 0 Å². The van der Waals surface area contributed by atoms with Gasteiger partial charge in [0.1, 0.15) is 17.8 Å². The van der Waals surface area contributed by atoms with Crippen LogP contribution in [-0.2, 0) is 20.4 Å². The zero-order chi connectivity index (χ0) is 29.7. The zero-order valence-corrected chi connectivity index (χ0v) is 24.2. The van der Waals surface area contributed by atoms with Gasteiger partial charge in [-0.3, -0.25) is 4.79 Å². The number of rotatable bonds is 8. The number of carbonyl (C=O) groups is 1. The molecule has 3 saturated heterocycles. The van der Waals surface area contributed by atoms with Crippen molar-refractivity contribution in [2.75, 3.05) is 45.3 Å². The first-order valence-electron chi connectivity index (χ1n) is 14.8. The number of amides is 1. The van der Waals surface area contributed by atoms with E-state index in [-0.39, 0.29) is 24.2 Å². The Morgan fingerprint density at radius 3 is 2.71 bits per heavy atom. The van der Waals surface area contributed by atoms with Crippen molar-refractivity contribution in [2.24, 2.45) is 0 Å². The number of halogens is 3. The van der Waals surface area contributed by atoms with E-state index < -0.39 is 17.8 Å². The van der Waals surface area contributed by atoms with Crippen LogP contribution in [0.2, 0.25) is 0 Å². The highest BCUT2D eigenvalue weighted by atomic mass is 19.4. The molecular weight excluding hydrogens is 551 g/mol. The maximum atomic E-state index is 13.4. The van der Waals surface area contributed by atoms with Crippen LogP contribution in [0, 0.1) is 6.92 Å². The largest absolute Gasteiger partial charge is 0.416 e. The summed E-state index contributed by atoms with van der Waals surface area (Å²) in [6.07, 6.45) is 1.32. The average molecular weight is 592 g/mol. The minimum Gasteiger partial charge on any atom is -0.379 e. The Labute approximate surface area is 244 Å². The molecule has 0 spiro atoms. The van der Waals surface area contributed by atoms with Gasteiger partial charge in [-0.2, -0.15) is 13.2 Å². The summed E-state index contributed by atoms with van der Waals surface area (Å²) in [6, 6.07) is 5.92. The van der Waals surface area contributed by atoms with E-state index in [0.29, 0.717) is 61.3 Å². The number of alkyl halides is 3. The summed E-state index contributed by atoms with van der Waals surface area (Å²) in [5, 5.41) is 7.00. The number of ether oxygens (including phenoxy) is 3. The summed E-state index contributed by atoms with van der Waals surface area (Å²) >= 11 is 0. The normalized spacial score (nSPS) is 25.8. The quantitative estimate of drug-likeness (QED) is 0.463. The lowest BCUT2D eigenvalue weighted by Crippen LogP contribution is -2.54. The highest BCUT2D eigenvalue weighted by molar-refractivity contribution is 5.94. The molecule has 3 fully saturated rings. The van der Waals surface area contributed by atoms with Crippen molar-refractivity contribution in [2.45, 2.75) is 82.0 Å². The molecule has 42 heavy (non-hydrogen) atoms. The van der Waals surface area contributed by atoms with Crippen molar-refractivity contribution in [1.29, 1.82) is 0 Å². The topological polar surface area (TPSA) is 97.8 Å². The molecule has 230 valence electrons. The van der Waals surface area contributed by atoms with Gasteiger partial charge in [-0.25, -0.2) is 9.97 Å². The molecule has 5 rings (SSSR count). The van der Waals surface area contributed by atoms with Crippen molar-refractivity contribution in [3.05, 3.63) is 53.0 Å². The van der Waals surface area contributed by atoms with E-state index in [1.807, 2.05) is 11.8 Å². The van der Waals surface area contributed by atoms with E-state index in [4.69, 9.17) is 14.2 Å². The van der Waals surface area contributed by atoms with Gasteiger partial charge in [-0.05, 0) is 63.1 Å². The van der Waals surface area contributed by atoms with E-state index >= 15 is 0 Å². The number of piperidine rings is 1. The van der Waals surface area contributed by atoms with E-state index in [9.17, 15) is 18.0 Å². The zero-order valence-electron chi connectivity index (χ0n) is 24.2. The van der Waals surface area contributed by atoms with Crippen molar-refractivity contribution < 1.29 is 32.2 Å². The van der Waals surface area contributed by atoms with Crippen molar-refractivity contribution >= 4 is 11.7 Å². The summed E-state index contributed by atoms with van der Waals surface area (Å²) in [5.41, 5.74) is 0.899. The fourth-order valence-electron chi connectivity index (χ4n) is 6.10. The highest BCUT2D eigenvalue weighted by Gasteiger charge is 2.33. The fraction of sp³-hybridized carbons (Fsp3) is 0.633. The van der Waals surface area contributed by atoms with Crippen molar-refractivity contribution in [3.8, 4) is 0 Å². The van der Waals surface area contributed by atoms with Crippen LogP contribution >= 0.6 is 0 Å². The van der Waals surface area contributed by atoms with Gasteiger partial charge in [0.2, 0.25) is 0 Å². The van der Waals surface area contributed by atoms with Gasteiger partial charge in [0.15, 0.2) is 0 Å². The van der Waals surface area contributed by atoms with E-state index in [1.54, 1.807) is 13.2 Å². The Balaban J connectivity index is 1.14. The Hall–Kier alpha value is -2.80.